The zero-order chi connectivity index (χ0) is 10.1. The van der Waals surface area contributed by atoms with Crippen molar-refractivity contribution in [2.45, 2.75) is 6.42 Å². The van der Waals surface area contributed by atoms with Gasteiger partial charge in [-0.05, 0) is 12.0 Å². The number of hydrogen-bond acceptors (Lipinski definition) is 1. The molecular formula is C8H10AlCl3O. The van der Waals surface area contributed by atoms with E-state index in [0.717, 1.165) is 6.42 Å². The molecule has 0 radical (unpaired) electrons. The third-order valence-electron chi connectivity index (χ3n) is 1.24. The number of hydrogen-bond donors (Lipinski definition) is 1. The molecule has 0 bridgehead atoms. The Morgan fingerprint density at radius 3 is 1.92 bits per heavy atom. The summed E-state index contributed by atoms with van der Waals surface area (Å²) in [5.74, 6) is 0. The van der Waals surface area contributed by atoms with Gasteiger partial charge in [0, 0.05) is 6.61 Å². The predicted molar refractivity (Wildman–Crippen MR) is 60.5 cm³/mol. The van der Waals surface area contributed by atoms with Crippen LogP contribution in [0.1, 0.15) is 5.56 Å². The molecule has 0 aliphatic rings. The maximum Gasteiger partial charge on any atom is 0.643 e. The number of rotatable bonds is 2. The van der Waals surface area contributed by atoms with E-state index in [1.54, 1.807) is 0 Å². The molecule has 0 aliphatic carbocycles. The first-order valence-corrected chi connectivity index (χ1v) is 8.97. The van der Waals surface area contributed by atoms with Crippen molar-refractivity contribution < 1.29 is 5.11 Å². The van der Waals surface area contributed by atoms with E-state index < -0.39 is 11.4 Å². The molecule has 0 aliphatic heterocycles. The summed E-state index contributed by atoms with van der Waals surface area (Å²) in [6, 6.07) is 9.95. The highest BCUT2D eigenvalue weighted by Gasteiger charge is 2.00. The van der Waals surface area contributed by atoms with Crippen molar-refractivity contribution in [1.82, 2.24) is 0 Å². The predicted octanol–water partition coefficient (Wildman–Crippen LogP) is 2.91. The largest absolute Gasteiger partial charge is 0.643 e. The molecule has 1 rings (SSSR count). The Bertz CT molecular complexity index is 203. The lowest BCUT2D eigenvalue weighted by atomic mass is 10.2. The van der Waals surface area contributed by atoms with Crippen LogP contribution in [0.3, 0.4) is 0 Å². The summed E-state index contributed by atoms with van der Waals surface area (Å²) in [6.45, 7) is 0.240. The summed E-state index contributed by atoms with van der Waals surface area (Å²) in [7, 11) is 14.8. The summed E-state index contributed by atoms with van der Waals surface area (Å²) >= 11 is -1.72. The fraction of sp³-hybridized carbons (Fsp3) is 0.250. The number of aliphatic hydroxyl groups is 1. The topological polar surface area (TPSA) is 20.2 Å². The van der Waals surface area contributed by atoms with Crippen LogP contribution in [0.2, 0.25) is 0 Å². The highest BCUT2D eigenvalue weighted by Crippen LogP contribution is 1.97. The zero-order valence-corrected chi connectivity index (χ0v) is 10.4. The third kappa shape index (κ3) is 10.5. The van der Waals surface area contributed by atoms with Crippen LogP contribution in [0.4, 0.5) is 0 Å². The van der Waals surface area contributed by atoms with E-state index in [1.807, 2.05) is 30.3 Å². The van der Waals surface area contributed by atoms with Gasteiger partial charge in [-0.25, -0.2) is 30.1 Å². The van der Waals surface area contributed by atoms with Gasteiger partial charge in [-0.1, -0.05) is 30.3 Å². The quantitative estimate of drug-likeness (QED) is 0.806. The molecule has 13 heavy (non-hydrogen) atoms. The maximum atomic E-state index is 8.52. The van der Waals surface area contributed by atoms with Crippen LogP contribution in [0.25, 0.3) is 0 Å². The van der Waals surface area contributed by atoms with Crippen molar-refractivity contribution >= 4 is 41.5 Å². The van der Waals surface area contributed by atoms with Gasteiger partial charge in [0.2, 0.25) is 0 Å². The Morgan fingerprint density at radius 1 is 1.08 bits per heavy atom. The van der Waals surface area contributed by atoms with Crippen LogP contribution >= 0.6 is 30.1 Å². The van der Waals surface area contributed by atoms with Crippen molar-refractivity contribution in [3.8, 4) is 0 Å². The fourth-order valence-electron chi connectivity index (χ4n) is 0.774. The number of halogens is 3. The first-order chi connectivity index (χ1) is 6.16. The first-order valence-electron chi connectivity index (χ1n) is 3.74. The Kier molecular flexibility index (Phi) is 9.56. The maximum absolute atomic E-state index is 8.52. The molecule has 1 nitrogen and oxygen atoms in total. The average Bonchev–Trinajstić information content (AvgIpc) is 2.06. The fourth-order valence-corrected chi connectivity index (χ4v) is 0.774. The molecule has 0 spiro atoms. The first kappa shape index (κ1) is 13.6. The van der Waals surface area contributed by atoms with Gasteiger partial charge in [0.15, 0.2) is 0 Å². The second kappa shape index (κ2) is 9.15. The van der Waals surface area contributed by atoms with Gasteiger partial charge >= 0.3 is 11.4 Å². The van der Waals surface area contributed by atoms with E-state index in [9.17, 15) is 0 Å². The highest BCUT2D eigenvalue weighted by molar-refractivity contribution is 7.54. The molecule has 0 unspecified atom stereocenters. The standard InChI is InChI=1S/C8H10O.Al.3ClH/c9-7-6-8-4-2-1-3-5-8;;;;/h1-5,9H,6-7H2;;3*1H/q;+3;;;/p-3. The molecule has 0 fully saturated rings. The van der Waals surface area contributed by atoms with Crippen LogP contribution in [0, 0.1) is 0 Å². The molecule has 1 aromatic rings. The summed E-state index contributed by atoms with van der Waals surface area (Å²) in [4.78, 5) is 0. The molecule has 1 N–H and O–H groups in total. The van der Waals surface area contributed by atoms with E-state index in [2.05, 4.69) is 0 Å². The Hall–Kier alpha value is 0.582. The number of aliphatic hydroxyl groups excluding tert-OH is 1. The van der Waals surface area contributed by atoms with Gasteiger partial charge < -0.3 is 5.11 Å². The van der Waals surface area contributed by atoms with E-state index in [0.29, 0.717) is 0 Å². The van der Waals surface area contributed by atoms with Crippen molar-refractivity contribution in [1.29, 1.82) is 0 Å². The van der Waals surface area contributed by atoms with Gasteiger partial charge in [-0.3, -0.25) is 0 Å². The van der Waals surface area contributed by atoms with Crippen molar-refractivity contribution in [2.75, 3.05) is 6.61 Å². The van der Waals surface area contributed by atoms with Crippen molar-refractivity contribution in [2.24, 2.45) is 0 Å². The van der Waals surface area contributed by atoms with Crippen LogP contribution in [0.15, 0.2) is 30.3 Å². The molecule has 0 atom stereocenters. The van der Waals surface area contributed by atoms with Crippen molar-refractivity contribution in [3.05, 3.63) is 35.9 Å². The van der Waals surface area contributed by atoms with E-state index in [1.165, 1.54) is 5.56 Å². The monoisotopic (exact) mass is 254 g/mol. The molecular weight excluding hydrogens is 245 g/mol. The lowest BCUT2D eigenvalue weighted by Crippen LogP contribution is -1.88. The van der Waals surface area contributed by atoms with Gasteiger partial charge in [-0.2, -0.15) is 0 Å². The molecule has 0 heterocycles. The summed E-state index contributed by atoms with van der Waals surface area (Å²) in [5.41, 5.74) is 1.19. The Labute approximate surface area is 95.2 Å². The molecule has 72 valence electrons. The van der Waals surface area contributed by atoms with Gasteiger partial charge in [0.25, 0.3) is 0 Å². The Morgan fingerprint density at radius 2 is 1.54 bits per heavy atom. The average molecular weight is 256 g/mol. The smallest absolute Gasteiger partial charge is 0.396 e. The molecule has 0 aromatic heterocycles. The summed E-state index contributed by atoms with van der Waals surface area (Å²) in [6.07, 6.45) is 0.765. The highest BCUT2D eigenvalue weighted by atomic mass is 35.8. The minimum Gasteiger partial charge on any atom is -0.396 e. The lowest BCUT2D eigenvalue weighted by molar-refractivity contribution is 0.299. The van der Waals surface area contributed by atoms with Crippen LogP contribution in [-0.4, -0.2) is 23.1 Å². The molecule has 0 saturated carbocycles. The zero-order valence-electron chi connectivity index (χ0n) is 6.96. The van der Waals surface area contributed by atoms with Crippen LogP contribution < -0.4 is 0 Å². The van der Waals surface area contributed by atoms with E-state index >= 15 is 0 Å². The lowest BCUT2D eigenvalue weighted by Gasteiger charge is -1.93. The second-order valence-corrected chi connectivity index (χ2v) is 8.64. The van der Waals surface area contributed by atoms with Crippen molar-refractivity contribution in [3.63, 3.8) is 0 Å². The SMILES string of the molecule is OCCc1ccccc1.[Cl][Al]([Cl])[Cl]. The molecule has 0 saturated heterocycles. The van der Waals surface area contributed by atoms with E-state index in [4.69, 9.17) is 35.3 Å². The van der Waals surface area contributed by atoms with E-state index in [-0.39, 0.29) is 6.61 Å². The van der Waals surface area contributed by atoms with Crippen LogP contribution in [0.5, 0.6) is 0 Å². The minimum atomic E-state index is -1.72. The van der Waals surface area contributed by atoms with Gasteiger partial charge in [-0.15, -0.1) is 0 Å². The normalized spacial score (nSPS) is 8.62. The third-order valence-corrected chi connectivity index (χ3v) is 1.24. The summed E-state index contributed by atoms with van der Waals surface area (Å²) in [5, 5.41) is 8.52. The van der Waals surface area contributed by atoms with Gasteiger partial charge in [0.1, 0.15) is 0 Å². The van der Waals surface area contributed by atoms with Gasteiger partial charge in [0.05, 0.1) is 0 Å². The Balaban J connectivity index is 0.000000310. The minimum absolute atomic E-state index is 0.240. The summed E-state index contributed by atoms with van der Waals surface area (Å²) < 4.78 is 0. The number of benzene rings is 1. The van der Waals surface area contributed by atoms with Crippen LogP contribution in [-0.2, 0) is 6.42 Å². The molecule has 1 aromatic carbocycles. The molecule has 5 heteroatoms. The second-order valence-electron chi connectivity index (χ2n) is 2.21. The molecule has 0 amide bonds.